The molecule has 2 amide bonds. The zero-order valence-corrected chi connectivity index (χ0v) is 8.99. The van der Waals surface area contributed by atoms with Crippen molar-refractivity contribution in [3.05, 3.63) is 12.5 Å². The number of aliphatic carboxylic acids is 1. The predicted octanol–water partition coefficient (Wildman–Crippen LogP) is -0.255. The molecule has 16 heavy (non-hydrogen) atoms. The van der Waals surface area contributed by atoms with Gasteiger partial charge in [0, 0.05) is 14.1 Å². The third-order valence-corrected chi connectivity index (χ3v) is 2.71. The molecule has 1 saturated heterocycles. The van der Waals surface area contributed by atoms with E-state index in [9.17, 15) is 9.59 Å². The van der Waals surface area contributed by atoms with Gasteiger partial charge in [-0.05, 0) is 0 Å². The number of urea groups is 1. The first kappa shape index (κ1) is 10.5. The van der Waals surface area contributed by atoms with Gasteiger partial charge < -0.3 is 14.6 Å². The fourth-order valence-electron chi connectivity index (χ4n) is 1.74. The summed E-state index contributed by atoms with van der Waals surface area (Å²) in [4.78, 5) is 29.3. The van der Waals surface area contributed by atoms with Gasteiger partial charge in [-0.15, -0.1) is 0 Å². The lowest BCUT2D eigenvalue weighted by Crippen LogP contribution is -2.36. The van der Waals surface area contributed by atoms with E-state index >= 15 is 0 Å². The number of imidazole rings is 1. The number of aromatic nitrogens is 2. The molecule has 7 heteroatoms. The van der Waals surface area contributed by atoms with Gasteiger partial charge in [-0.25, -0.2) is 14.6 Å². The van der Waals surface area contributed by atoms with E-state index in [1.807, 2.05) is 0 Å². The van der Waals surface area contributed by atoms with Crippen molar-refractivity contribution in [2.75, 3.05) is 18.5 Å². The number of aryl methyl sites for hydroxylation is 1. The zero-order chi connectivity index (χ0) is 11.9. The van der Waals surface area contributed by atoms with Gasteiger partial charge in [0.25, 0.3) is 0 Å². The van der Waals surface area contributed by atoms with E-state index < -0.39 is 12.0 Å². The maximum absolute atomic E-state index is 11.8. The zero-order valence-electron chi connectivity index (χ0n) is 8.99. The van der Waals surface area contributed by atoms with Gasteiger partial charge in [0.1, 0.15) is 11.9 Å². The summed E-state index contributed by atoms with van der Waals surface area (Å²) in [6.45, 7) is 0.143. The largest absolute Gasteiger partial charge is 0.480 e. The summed E-state index contributed by atoms with van der Waals surface area (Å²) >= 11 is 0. The van der Waals surface area contributed by atoms with Crippen LogP contribution in [0.4, 0.5) is 10.6 Å². The minimum Gasteiger partial charge on any atom is -0.480 e. The summed E-state index contributed by atoms with van der Waals surface area (Å²) < 4.78 is 1.68. The topological polar surface area (TPSA) is 78.7 Å². The molecule has 2 heterocycles. The summed E-state index contributed by atoms with van der Waals surface area (Å²) in [7, 11) is 3.24. The van der Waals surface area contributed by atoms with Crippen LogP contribution in [-0.2, 0) is 11.8 Å². The third-order valence-electron chi connectivity index (χ3n) is 2.71. The smallest absolute Gasteiger partial charge is 0.328 e. The van der Waals surface area contributed by atoms with E-state index in [0.29, 0.717) is 5.82 Å². The van der Waals surface area contributed by atoms with Crippen LogP contribution < -0.4 is 4.90 Å². The number of nitrogens with zero attached hydrogens (tertiary/aromatic N) is 4. The van der Waals surface area contributed by atoms with Crippen molar-refractivity contribution in [2.24, 2.45) is 7.05 Å². The van der Waals surface area contributed by atoms with Gasteiger partial charge in [-0.2, -0.15) is 0 Å². The average molecular weight is 224 g/mol. The number of rotatable bonds is 2. The van der Waals surface area contributed by atoms with Crippen LogP contribution in [0.25, 0.3) is 0 Å². The Labute approximate surface area is 91.9 Å². The van der Waals surface area contributed by atoms with E-state index in [-0.39, 0.29) is 12.6 Å². The number of carboxylic acids is 1. The van der Waals surface area contributed by atoms with Crippen LogP contribution >= 0.6 is 0 Å². The molecule has 0 aliphatic carbocycles. The monoisotopic (exact) mass is 224 g/mol. The number of amides is 2. The molecule has 1 aliphatic heterocycles. The normalized spacial score (nSPS) is 20.6. The van der Waals surface area contributed by atoms with Crippen molar-refractivity contribution in [1.29, 1.82) is 0 Å². The van der Waals surface area contributed by atoms with Gasteiger partial charge >= 0.3 is 12.0 Å². The van der Waals surface area contributed by atoms with Crippen LogP contribution in [0.1, 0.15) is 0 Å². The molecule has 1 aromatic heterocycles. The van der Waals surface area contributed by atoms with E-state index in [0.717, 1.165) is 0 Å². The highest BCUT2D eigenvalue weighted by Gasteiger charge is 2.40. The van der Waals surface area contributed by atoms with Crippen LogP contribution in [0.5, 0.6) is 0 Å². The first-order chi connectivity index (χ1) is 7.52. The van der Waals surface area contributed by atoms with Gasteiger partial charge in [-0.1, -0.05) is 0 Å². The molecule has 0 bridgehead atoms. The van der Waals surface area contributed by atoms with E-state index in [2.05, 4.69) is 4.98 Å². The summed E-state index contributed by atoms with van der Waals surface area (Å²) in [5.41, 5.74) is 0. The quantitative estimate of drug-likeness (QED) is 0.751. The Hall–Kier alpha value is -2.05. The Morgan fingerprint density at radius 3 is 2.69 bits per heavy atom. The van der Waals surface area contributed by atoms with Gasteiger partial charge in [0.2, 0.25) is 0 Å². The highest BCUT2D eigenvalue weighted by Crippen LogP contribution is 2.21. The molecule has 0 radical (unpaired) electrons. The van der Waals surface area contributed by atoms with E-state index in [1.54, 1.807) is 17.9 Å². The van der Waals surface area contributed by atoms with E-state index in [4.69, 9.17) is 5.11 Å². The van der Waals surface area contributed by atoms with Crippen molar-refractivity contribution in [3.8, 4) is 0 Å². The second-order valence-electron chi connectivity index (χ2n) is 3.72. The van der Waals surface area contributed by atoms with Crippen LogP contribution in [0.15, 0.2) is 12.5 Å². The van der Waals surface area contributed by atoms with Gasteiger partial charge in [0.05, 0.1) is 19.1 Å². The van der Waals surface area contributed by atoms with E-state index in [1.165, 1.54) is 23.0 Å². The molecule has 2 rings (SSSR count). The second-order valence-corrected chi connectivity index (χ2v) is 3.72. The molecule has 1 N–H and O–H groups in total. The number of anilines is 1. The number of carboxylic acid groups (broad SMARTS) is 1. The molecule has 0 aromatic carbocycles. The Morgan fingerprint density at radius 1 is 1.56 bits per heavy atom. The first-order valence-electron chi connectivity index (χ1n) is 4.76. The lowest BCUT2D eigenvalue weighted by molar-refractivity contribution is -0.140. The third kappa shape index (κ3) is 1.40. The molecule has 0 saturated carbocycles. The summed E-state index contributed by atoms with van der Waals surface area (Å²) in [5.74, 6) is -0.402. The molecule has 1 atom stereocenters. The number of carbonyl (C=O) groups is 2. The Balaban J connectivity index is 2.30. The molecule has 0 unspecified atom stereocenters. The maximum atomic E-state index is 11.8. The SMILES string of the molecule is CN1C(=O)N(c2cncn2C)C[C@H]1C(=O)O. The summed E-state index contributed by atoms with van der Waals surface area (Å²) in [6, 6.07) is -1.13. The molecular weight excluding hydrogens is 212 g/mol. The molecule has 1 fully saturated rings. The highest BCUT2D eigenvalue weighted by molar-refractivity contribution is 5.98. The van der Waals surface area contributed by atoms with Crippen molar-refractivity contribution >= 4 is 17.8 Å². The minimum absolute atomic E-state index is 0.143. The van der Waals surface area contributed by atoms with Crippen LogP contribution in [-0.4, -0.2) is 51.2 Å². The molecular formula is C9H12N4O3. The molecule has 0 spiro atoms. The van der Waals surface area contributed by atoms with Crippen molar-refractivity contribution < 1.29 is 14.7 Å². The summed E-state index contributed by atoms with van der Waals surface area (Å²) in [5, 5.41) is 8.94. The minimum atomic E-state index is -1.000. The van der Waals surface area contributed by atoms with Crippen molar-refractivity contribution in [3.63, 3.8) is 0 Å². The molecule has 1 aliphatic rings. The number of hydrogen-bond acceptors (Lipinski definition) is 3. The Morgan fingerprint density at radius 2 is 2.25 bits per heavy atom. The molecule has 86 valence electrons. The predicted molar refractivity (Wildman–Crippen MR) is 55.1 cm³/mol. The fourth-order valence-corrected chi connectivity index (χ4v) is 1.74. The van der Waals surface area contributed by atoms with Gasteiger partial charge in [-0.3, -0.25) is 4.90 Å². The second kappa shape index (κ2) is 3.51. The number of carbonyl (C=O) groups excluding carboxylic acids is 1. The van der Waals surface area contributed by atoms with Crippen LogP contribution in [0.3, 0.4) is 0 Å². The lowest BCUT2D eigenvalue weighted by atomic mass is 10.3. The molecule has 7 nitrogen and oxygen atoms in total. The van der Waals surface area contributed by atoms with Crippen molar-refractivity contribution in [2.45, 2.75) is 6.04 Å². The van der Waals surface area contributed by atoms with Crippen LogP contribution in [0, 0.1) is 0 Å². The number of likely N-dealkylation sites (N-methyl/N-ethyl adjacent to an activating group) is 1. The van der Waals surface area contributed by atoms with Crippen LogP contribution in [0.2, 0.25) is 0 Å². The first-order valence-corrected chi connectivity index (χ1v) is 4.76. The maximum Gasteiger partial charge on any atom is 0.328 e. The summed E-state index contributed by atoms with van der Waals surface area (Å²) in [6.07, 6.45) is 3.10. The Bertz CT molecular complexity index is 442. The Kier molecular flexibility index (Phi) is 2.30. The highest BCUT2D eigenvalue weighted by atomic mass is 16.4. The lowest BCUT2D eigenvalue weighted by Gasteiger charge is -2.15. The number of hydrogen-bond donors (Lipinski definition) is 1. The standard InChI is InChI=1S/C9H12N4O3/c1-11-5-10-3-7(11)13-4-6(8(14)15)12(2)9(13)16/h3,5-6H,4H2,1-2H3,(H,14,15)/t6-/m0/s1. The average Bonchev–Trinajstić information content (AvgIpc) is 2.74. The fraction of sp³-hybridized carbons (Fsp3) is 0.444. The molecule has 1 aromatic rings. The van der Waals surface area contributed by atoms with Crippen molar-refractivity contribution in [1.82, 2.24) is 14.5 Å². The van der Waals surface area contributed by atoms with Gasteiger partial charge in [0.15, 0.2) is 0 Å².